The minimum Gasteiger partial charge on any atom is -0.329 e. The van der Waals surface area contributed by atoms with E-state index in [0.717, 1.165) is 24.4 Å². The van der Waals surface area contributed by atoms with E-state index in [4.69, 9.17) is 5.73 Å². The molecular weight excluding hydrogens is 286 g/mol. The molecule has 1 aliphatic heterocycles. The van der Waals surface area contributed by atoms with Crippen molar-refractivity contribution >= 4 is 9.84 Å². The number of nitrogens with two attached hydrogens (primary N) is 1. The number of rotatable bonds is 5. The van der Waals surface area contributed by atoms with E-state index in [9.17, 15) is 8.42 Å². The Balaban J connectivity index is 2.25. The summed E-state index contributed by atoms with van der Waals surface area (Å²) in [6, 6.07) is 5.93. The Morgan fingerprint density at radius 3 is 2.76 bits per heavy atom. The first kappa shape index (κ1) is 16.4. The van der Waals surface area contributed by atoms with Gasteiger partial charge >= 0.3 is 0 Å². The van der Waals surface area contributed by atoms with E-state index in [2.05, 4.69) is 16.8 Å². The number of nitrogens with zero attached hydrogens (tertiary/aromatic N) is 2. The molecule has 5 nitrogen and oxygen atoms in total. The van der Waals surface area contributed by atoms with Crippen molar-refractivity contribution in [2.24, 2.45) is 5.73 Å². The van der Waals surface area contributed by atoms with Crippen LogP contribution in [0.2, 0.25) is 0 Å². The molecule has 1 atom stereocenters. The van der Waals surface area contributed by atoms with Crippen molar-refractivity contribution in [1.82, 2.24) is 9.88 Å². The van der Waals surface area contributed by atoms with Gasteiger partial charge in [-0.2, -0.15) is 0 Å². The number of aromatic nitrogens is 1. The molecule has 21 heavy (non-hydrogen) atoms. The zero-order valence-corrected chi connectivity index (χ0v) is 13.7. The number of hydrogen-bond acceptors (Lipinski definition) is 5. The van der Waals surface area contributed by atoms with Crippen LogP contribution < -0.4 is 5.73 Å². The standard InChI is InChI=1S/C15H25N3O2S/c1-3-18(10-14-7-4-6-13(2)17-14)15(11-16)8-5-9-21(19,20)12-15/h4,6-7H,3,5,8-12,16H2,1-2H3. The van der Waals surface area contributed by atoms with Gasteiger partial charge in [0.1, 0.15) is 0 Å². The lowest BCUT2D eigenvalue weighted by Crippen LogP contribution is -2.59. The lowest BCUT2D eigenvalue weighted by Gasteiger charge is -2.45. The molecule has 0 aliphatic carbocycles. The highest BCUT2D eigenvalue weighted by Crippen LogP contribution is 2.29. The Morgan fingerprint density at radius 2 is 2.19 bits per heavy atom. The molecule has 118 valence electrons. The normalized spacial score (nSPS) is 25.1. The van der Waals surface area contributed by atoms with Crippen LogP contribution in [0, 0.1) is 6.92 Å². The van der Waals surface area contributed by atoms with Gasteiger partial charge in [-0.05, 0) is 38.4 Å². The van der Waals surface area contributed by atoms with E-state index in [0.29, 0.717) is 19.5 Å². The molecule has 6 heteroatoms. The van der Waals surface area contributed by atoms with E-state index in [1.165, 1.54) is 0 Å². The lowest BCUT2D eigenvalue weighted by molar-refractivity contribution is 0.0963. The predicted molar refractivity (Wildman–Crippen MR) is 84.7 cm³/mol. The molecule has 0 radical (unpaired) electrons. The second-order valence-corrected chi connectivity index (χ2v) is 8.09. The molecule has 1 saturated heterocycles. The zero-order valence-electron chi connectivity index (χ0n) is 12.9. The van der Waals surface area contributed by atoms with Crippen molar-refractivity contribution in [1.29, 1.82) is 0 Å². The predicted octanol–water partition coefficient (Wildman–Crippen LogP) is 1.12. The Morgan fingerprint density at radius 1 is 1.43 bits per heavy atom. The Hall–Kier alpha value is -0.980. The summed E-state index contributed by atoms with van der Waals surface area (Å²) in [6.45, 7) is 5.79. The Labute approximate surface area is 127 Å². The van der Waals surface area contributed by atoms with Crippen LogP contribution in [-0.2, 0) is 16.4 Å². The van der Waals surface area contributed by atoms with Gasteiger partial charge in [0, 0.05) is 24.3 Å². The van der Waals surface area contributed by atoms with Crippen molar-refractivity contribution < 1.29 is 8.42 Å². The van der Waals surface area contributed by atoms with Crippen LogP contribution in [0.3, 0.4) is 0 Å². The van der Waals surface area contributed by atoms with Crippen molar-refractivity contribution in [2.75, 3.05) is 24.6 Å². The van der Waals surface area contributed by atoms with E-state index >= 15 is 0 Å². The monoisotopic (exact) mass is 311 g/mol. The van der Waals surface area contributed by atoms with E-state index < -0.39 is 15.4 Å². The lowest BCUT2D eigenvalue weighted by atomic mass is 9.92. The molecule has 1 aliphatic rings. The van der Waals surface area contributed by atoms with Crippen molar-refractivity contribution in [3.63, 3.8) is 0 Å². The second-order valence-electron chi connectivity index (χ2n) is 5.91. The third-order valence-corrected chi connectivity index (χ3v) is 6.21. The molecule has 0 bridgehead atoms. The van der Waals surface area contributed by atoms with Crippen molar-refractivity contribution in [2.45, 2.75) is 38.8 Å². The fourth-order valence-corrected chi connectivity index (χ4v) is 5.20. The first-order valence-corrected chi connectivity index (χ1v) is 9.31. The summed E-state index contributed by atoms with van der Waals surface area (Å²) < 4.78 is 24.1. The molecule has 2 N–H and O–H groups in total. The molecule has 1 aromatic rings. The maximum atomic E-state index is 12.1. The smallest absolute Gasteiger partial charge is 0.152 e. The maximum absolute atomic E-state index is 12.1. The van der Waals surface area contributed by atoms with Gasteiger partial charge < -0.3 is 5.73 Å². The average Bonchev–Trinajstić information content (AvgIpc) is 2.43. The molecule has 0 aromatic carbocycles. The van der Waals surface area contributed by atoms with Gasteiger partial charge in [0.25, 0.3) is 0 Å². The van der Waals surface area contributed by atoms with Crippen LogP contribution in [0.5, 0.6) is 0 Å². The maximum Gasteiger partial charge on any atom is 0.152 e. The van der Waals surface area contributed by atoms with Crippen LogP contribution in [0.15, 0.2) is 18.2 Å². The molecule has 1 unspecified atom stereocenters. The van der Waals surface area contributed by atoms with Crippen LogP contribution in [0.1, 0.15) is 31.2 Å². The van der Waals surface area contributed by atoms with E-state index in [1.807, 2.05) is 25.1 Å². The third-order valence-electron chi connectivity index (χ3n) is 4.32. The highest BCUT2D eigenvalue weighted by molar-refractivity contribution is 7.91. The topological polar surface area (TPSA) is 76.3 Å². The van der Waals surface area contributed by atoms with Crippen LogP contribution in [-0.4, -0.2) is 48.4 Å². The van der Waals surface area contributed by atoms with Gasteiger partial charge in [0.05, 0.1) is 17.2 Å². The molecule has 0 amide bonds. The van der Waals surface area contributed by atoms with E-state index in [1.54, 1.807) is 0 Å². The summed E-state index contributed by atoms with van der Waals surface area (Å²) >= 11 is 0. The largest absolute Gasteiger partial charge is 0.329 e. The summed E-state index contributed by atoms with van der Waals surface area (Å²) in [6.07, 6.45) is 1.53. The summed E-state index contributed by atoms with van der Waals surface area (Å²) in [5.74, 6) is 0.450. The Bertz CT molecular complexity index is 588. The fourth-order valence-electron chi connectivity index (χ4n) is 3.21. The molecule has 0 saturated carbocycles. The fraction of sp³-hybridized carbons (Fsp3) is 0.667. The zero-order chi connectivity index (χ0) is 15.5. The van der Waals surface area contributed by atoms with Gasteiger partial charge in [-0.15, -0.1) is 0 Å². The van der Waals surface area contributed by atoms with Gasteiger partial charge in [-0.1, -0.05) is 13.0 Å². The first-order chi connectivity index (χ1) is 9.91. The molecule has 2 rings (SSSR count). The molecular formula is C15H25N3O2S. The van der Waals surface area contributed by atoms with Crippen LogP contribution >= 0.6 is 0 Å². The number of hydrogen-bond donors (Lipinski definition) is 1. The molecule has 1 fully saturated rings. The van der Waals surface area contributed by atoms with Gasteiger partial charge in [-0.25, -0.2) is 8.42 Å². The minimum atomic E-state index is -3.00. The van der Waals surface area contributed by atoms with Crippen molar-refractivity contribution in [3.8, 4) is 0 Å². The number of sulfone groups is 1. The number of pyridine rings is 1. The summed E-state index contributed by atoms with van der Waals surface area (Å²) in [5.41, 5.74) is 7.48. The molecule has 0 spiro atoms. The van der Waals surface area contributed by atoms with Gasteiger partial charge in [0.2, 0.25) is 0 Å². The summed E-state index contributed by atoms with van der Waals surface area (Å²) in [4.78, 5) is 6.71. The SMILES string of the molecule is CCN(Cc1cccc(C)n1)C1(CN)CCCS(=O)(=O)C1. The summed E-state index contributed by atoms with van der Waals surface area (Å²) in [7, 11) is -3.00. The summed E-state index contributed by atoms with van der Waals surface area (Å²) in [5, 5.41) is 0. The second kappa shape index (κ2) is 6.42. The number of likely N-dealkylation sites (N-methyl/N-ethyl adjacent to an activating group) is 1. The first-order valence-electron chi connectivity index (χ1n) is 7.49. The van der Waals surface area contributed by atoms with Crippen LogP contribution in [0.25, 0.3) is 0 Å². The highest BCUT2D eigenvalue weighted by Gasteiger charge is 2.42. The number of aryl methyl sites for hydroxylation is 1. The minimum absolute atomic E-state index is 0.163. The molecule has 1 aromatic heterocycles. The average molecular weight is 311 g/mol. The molecule has 2 heterocycles. The van der Waals surface area contributed by atoms with Gasteiger partial charge in [-0.3, -0.25) is 9.88 Å². The van der Waals surface area contributed by atoms with Crippen molar-refractivity contribution in [3.05, 3.63) is 29.6 Å². The van der Waals surface area contributed by atoms with Crippen LogP contribution in [0.4, 0.5) is 0 Å². The third kappa shape index (κ3) is 3.81. The highest BCUT2D eigenvalue weighted by atomic mass is 32.2. The van der Waals surface area contributed by atoms with E-state index in [-0.39, 0.29) is 11.5 Å². The Kier molecular flexibility index (Phi) is 5.01. The quantitative estimate of drug-likeness (QED) is 0.882. The van der Waals surface area contributed by atoms with Gasteiger partial charge in [0.15, 0.2) is 9.84 Å².